The Kier molecular flexibility index (Phi) is 5.62. The van der Waals surface area contributed by atoms with Gasteiger partial charge in [-0.3, -0.25) is 4.79 Å². The molecule has 1 aliphatic heterocycles. The molecule has 1 fully saturated rings. The highest BCUT2D eigenvalue weighted by molar-refractivity contribution is 5.98. The molecule has 21 heavy (non-hydrogen) atoms. The van der Waals surface area contributed by atoms with Gasteiger partial charge >= 0.3 is 0 Å². The third kappa shape index (κ3) is 3.97. The maximum absolute atomic E-state index is 12.4. The molecular weight excluding hydrogens is 268 g/mol. The Morgan fingerprint density at radius 3 is 2.57 bits per heavy atom. The number of Topliss-reactive ketones (excluding diaryl/α,β-unsaturated/α-hetero) is 1. The number of methoxy groups -OCH3 is 2. The number of aryl methyl sites for hydroxylation is 1. The molecule has 2 rings (SSSR count). The lowest BCUT2D eigenvalue weighted by atomic mass is 9.97. The average molecular weight is 292 g/mol. The van der Waals surface area contributed by atoms with E-state index >= 15 is 0 Å². The molecule has 0 aromatic heterocycles. The van der Waals surface area contributed by atoms with Crippen LogP contribution in [-0.2, 0) is 4.74 Å². The van der Waals surface area contributed by atoms with Crippen molar-refractivity contribution in [2.24, 2.45) is 0 Å². The molecule has 1 unspecified atom stereocenters. The molecule has 1 saturated heterocycles. The first kappa shape index (κ1) is 15.8. The summed E-state index contributed by atoms with van der Waals surface area (Å²) in [5, 5.41) is 0. The predicted molar refractivity (Wildman–Crippen MR) is 81.4 cm³/mol. The van der Waals surface area contributed by atoms with E-state index in [0.717, 1.165) is 31.4 Å². The molecule has 0 saturated carbocycles. The van der Waals surface area contributed by atoms with E-state index in [-0.39, 0.29) is 11.9 Å². The third-order valence-corrected chi connectivity index (χ3v) is 4.00. The van der Waals surface area contributed by atoms with E-state index < -0.39 is 0 Å². The standard InChI is InChI=1S/C17H24O4/c1-12-10-16(19-2)17(20-3)11-14(12)15(18)8-7-13-6-4-5-9-21-13/h10-11,13H,4-9H2,1-3H3. The summed E-state index contributed by atoms with van der Waals surface area (Å²) in [6, 6.07) is 3.63. The quantitative estimate of drug-likeness (QED) is 0.752. The summed E-state index contributed by atoms with van der Waals surface area (Å²) in [6.45, 7) is 2.75. The Bertz CT molecular complexity index is 490. The minimum Gasteiger partial charge on any atom is -0.493 e. The molecule has 0 radical (unpaired) electrons. The Hall–Kier alpha value is -1.55. The zero-order valence-electron chi connectivity index (χ0n) is 13.1. The highest BCUT2D eigenvalue weighted by atomic mass is 16.5. The third-order valence-electron chi connectivity index (χ3n) is 4.00. The molecule has 1 aromatic carbocycles. The van der Waals surface area contributed by atoms with Gasteiger partial charge in [-0.05, 0) is 50.3 Å². The van der Waals surface area contributed by atoms with Crippen molar-refractivity contribution in [3.05, 3.63) is 23.3 Å². The molecule has 0 aliphatic carbocycles. The fourth-order valence-corrected chi connectivity index (χ4v) is 2.74. The van der Waals surface area contributed by atoms with Gasteiger partial charge in [0.2, 0.25) is 0 Å². The van der Waals surface area contributed by atoms with Gasteiger partial charge in [-0.1, -0.05) is 0 Å². The summed E-state index contributed by atoms with van der Waals surface area (Å²) in [5.41, 5.74) is 1.63. The number of carbonyl (C=O) groups is 1. The fourth-order valence-electron chi connectivity index (χ4n) is 2.74. The van der Waals surface area contributed by atoms with E-state index in [9.17, 15) is 4.79 Å². The van der Waals surface area contributed by atoms with Gasteiger partial charge in [0, 0.05) is 18.6 Å². The van der Waals surface area contributed by atoms with Crippen LogP contribution in [0.15, 0.2) is 12.1 Å². The van der Waals surface area contributed by atoms with Gasteiger partial charge in [-0.25, -0.2) is 0 Å². The molecule has 0 amide bonds. The van der Waals surface area contributed by atoms with Crippen molar-refractivity contribution in [2.45, 2.75) is 45.1 Å². The Labute approximate surface area is 126 Å². The fraction of sp³-hybridized carbons (Fsp3) is 0.588. The second kappa shape index (κ2) is 7.46. The molecule has 4 heteroatoms. The van der Waals surface area contributed by atoms with Crippen LogP contribution in [0.2, 0.25) is 0 Å². The van der Waals surface area contributed by atoms with Gasteiger partial charge in [0.1, 0.15) is 0 Å². The Balaban J connectivity index is 2.04. The monoisotopic (exact) mass is 292 g/mol. The zero-order chi connectivity index (χ0) is 15.2. The highest BCUT2D eigenvalue weighted by Crippen LogP contribution is 2.31. The molecule has 1 aromatic rings. The number of benzene rings is 1. The number of rotatable bonds is 6. The molecule has 1 aliphatic rings. The van der Waals surface area contributed by atoms with E-state index in [4.69, 9.17) is 14.2 Å². The van der Waals surface area contributed by atoms with Crippen molar-refractivity contribution in [1.29, 1.82) is 0 Å². The molecule has 4 nitrogen and oxygen atoms in total. The van der Waals surface area contributed by atoms with Crippen molar-refractivity contribution in [2.75, 3.05) is 20.8 Å². The molecular formula is C17H24O4. The number of hydrogen-bond donors (Lipinski definition) is 0. The minimum atomic E-state index is 0.141. The lowest BCUT2D eigenvalue weighted by Gasteiger charge is -2.22. The molecule has 0 bridgehead atoms. The normalized spacial score (nSPS) is 18.3. The lowest BCUT2D eigenvalue weighted by molar-refractivity contribution is 0.0104. The van der Waals surface area contributed by atoms with Crippen LogP contribution in [0.3, 0.4) is 0 Å². The maximum atomic E-state index is 12.4. The Morgan fingerprint density at radius 2 is 1.95 bits per heavy atom. The average Bonchev–Trinajstić information content (AvgIpc) is 2.53. The SMILES string of the molecule is COc1cc(C)c(C(=O)CCC2CCCCO2)cc1OC. The first-order valence-corrected chi connectivity index (χ1v) is 7.53. The van der Waals surface area contributed by atoms with Crippen LogP contribution >= 0.6 is 0 Å². The highest BCUT2D eigenvalue weighted by Gasteiger charge is 2.18. The zero-order valence-corrected chi connectivity index (χ0v) is 13.1. The second-order valence-electron chi connectivity index (χ2n) is 5.47. The van der Waals surface area contributed by atoms with E-state index in [2.05, 4.69) is 0 Å². The number of carbonyl (C=O) groups excluding carboxylic acids is 1. The van der Waals surface area contributed by atoms with Crippen LogP contribution in [0.4, 0.5) is 0 Å². The van der Waals surface area contributed by atoms with Gasteiger partial charge < -0.3 is 14.2 Å². The van der Waals surface area contributed by atoms with Crippen LogP contribution in [-0.4, -0.2) is 32.7 Å². The van der Waals surface area contributed by atoms with Crippen molar-refractivity contribution >= 4 is 5.78 Å². The Morgan fingerprint density at radius 1 is 1.24 bits per heavy atom. The van der Waals surface area contributed by atoms with E-state index in [1.807, 2.05) is 13.0 Å². The number of hydrogen-bond acceptors (Lipinski definition) is 4. The molecule has 0 N–H and O–H groups in total. The van der Waals surface area contributed by atoms with Gasteiger partial charge in [-0.15, -0.1) is 0 Å². The maximum Gasteiger partial charge on any atom is 0.163 e. The van der Waals surface area contributed by atoms with Crippen LogP contribution in [0, 0.1) is 6.92 Å². The predicted octanol–water partition coefficient (Wildman–Crippen LogP) is 3.54. The summed E-state index contributed by atoms with van der Waals surface area (Å²) < 4.78 is 16.2. The summed E-state index contributed by atoms with van der Waals surface area (Å²) >= 11 is 0. The van der Waals surface area contributed by atoms with E-state index in [1.54, 1.807) is 20.3 Å². The topological polar surface area (TPSA) is 44.8 Å². The van der Waals surface area contributed by atoms with Crippen molar-refractivity contribution in [3.8, 4) is 11.5 Å². The van der Waals surface area contributed by atoms with Crippen LogP contribution in [0.1, 0.15) is 48.0 Å². The summed E-state index contributed by atoms with van der Waals surface area (Å²) in [7, 11) is 3.18. The number of ketones is 1. The lowest BCUT2D eigenvalue weighted by Crippen LogP contribution is -2.20. The molecule has 1 atom stereocenters. The first-order valence-electron chi connectivity index (χ1n) is 7.53. The smallest absolute Gasteiger partial charge is 0.163 e. The van der Waals surface area contributed by atoms with Gasteiger partial charge in [0.25, 0.3) is 0 Å². The first-order chi connectivity index (χ1) is 10.2. The summed E-state index contributed by atoms with van der Waals surface area (Å²) in [4.78, 5) is 12.4. The summed E-state index contributed by atoms with van der Waals surface area (Å²) in [6.07, 6.45) is 4.96. The van der Waals surface area contributed by atoms with E-state index in [0.29, 0.717) is 23.5 Å². The van der Waals surface area contributed by atoms with Crippen LogP contribution < -0.4 is 9.47 Å². The van der Waals surface area contributed by atoms with Gasteiger partial charge in [0.05, 0.1) is 20.3 Å². The van der Waals surface area contributed by atoms with Crippen LogP contribution in [0.25, 0.3) is 0 Å². The van der Waals surface area contributed by atoms with Crippen molar-refractivity contribution in [1.82, 2.24) is 0 Å². The molecule has 1 heterocycles. The van der Waals surface area contributed by atoms with Crippen molar-refractivity contribution in [3.63, 3.8) is 0 Å². The largest absolute Gasteiger partial charge is 0.493 e. The second-order valence-corrected chi connectivity index (χ2v) is 5.47. The van der Waals surface area contributed by atoms with Crippen molar-refractivity contribution < 1.29 is 19.0 Å². The van der Waals surface area contributed by atoms with E-state index in [1.165, 1.54) is 6.42 Å². The van der Waals surface area contributed by atoms with Crippen LogP contribution in [0.5, 0.6) is 11.5 Å². The minimum absolute atomic E-state index is 0.141. The van der Waals surface area contributed by atoms with Gasteiger partial charge in [-0.2, -0.15) is 0 Å². The molecule has 0 spiro atoms. The summed E-state index contributed by atoms with van der Waals surface area (Å²) in [5.74, 6) is 1.39. The molecule has 116 valence electrons. The number of ether oxygens (including phenoxy) is 3. The van der Waals surface area contributed by atoms with Gasteiger partial charge in [0.15, 0.2) is 17.3 Å².